The Morgan fingerprint density at radius 3 is 2.14 bits per heavy atom. The number of carbonyl (C=O) groups is 2. The Labute approximate surface area is 207 Å². The van der Waals surface area contributed by atoms with Crippen molar-refractivity contribution in [3.63, 3.8) is 0 Å². The number of nitrogens with one attached hydrogen (secondary N) is 1. The van der Waals surface area contributed by atoms with E-state index in [4.69, 9.17) is 9.15 Å². The number of rotatable bonds is 8. The van der Waals surface area contributed by atoms with Gasteiger partial charge in [-0.05, 0) is 67.1 Å². The SMILES string of the molecule is COc1ccc([C@@H](C(=O)NC2CCCC2)N(C(=O)c2ccoc2C)c2ccc(C(C)C)cc2)cc1. The first kappa shape index (κ1) is 24.6. The monoisotopic (exact) mass is 474 g/mol. The molecule has 1 aliphatic carbocycles. The molecule has 2 amide bonds. The minimum atomic E-state index is -0.854. The molecule has 1 saturated carbocycles. The number of amides is 2. The fraction of sp³-hybridized carbons (Fsp3) is 0.379. The van der Waals surface area contributed by atoms with Gasteiger partial charge in [0.1, 0.15) is 17.6 Å². The van der Waals surface area contributed by atoms with Gasteiger partial charge in [0.25, 0.3) is 5.91 Å². The van der Waals surface area contributed by atoms with Crippen molar-refractivity contribution in [3.05, 3.63) is 83.3 Å². The van der Waals surface area contributed by atoms with Crippen LogP contribution in [0.1, 0.15) is 78.7 Å². The van der Waals surface area contributed by atoms with E-state index in [9.17, 15) is 9.59 Å². The highest BCUT2D eigenvalue weighted by molar-refractivity contribution is 6.10. The fourth-order valence-electron chi connectivity index (χ4n) is 4.69. The average molecular weight is 475 g/mol. The quantitative estimate of drug-likeness (QED) is 0.424. The highest BCUT2D eigenvalue weighted by atomic mass is 16.5. The van der Waals surface area contributed by atoms with Gasteiger partial charge in [-0.1, -0.05) is 51.0 Å². The summed E-state index contributed by atoms with van der Waals surface area (Å²) in [5.74, 6) is 1.09. The Morgan fingerprint density at radius 1 is 0.971 bits per heavy atom. The number of carbonyl (C=O) groups excluding carboxylic acids is 2. The van der Waals surface area contributed by atoms with E-state index in [1.54, 1.807) is 25.0 Å². The van der Waals surface area contributed by atoms with Crippen molar-refractivity contribution < 1.29 is 18.7 Å². The number of hydrogen-bond donors (Lipinski definition) is 1. The van der Waals surface area contributed by atoms with Gasteiger partial charge in [0.05, 0.1) is 18.9 Å². The maximum Gasteiger partial charge on any atom is 0.262 e. The van der Waals surface area contributed by atoms with Crippen LogP contribution < -0.4 is 15.0 Å². The van der Waals surface area contributed by atoms with E-state index in [1.165, 1.54) is 6.26 Å². The minimum Gasteiger partial charge on any atom is -0.497 e. The maximum atomic E-state index is 14.0. The summed E-state index contributed by atoms with van der Waals surface area (Å²) >= 11 is 0. The molecule has 3 aromatic rings. The number of furan rings is 1. The van der Waals surface area contributed by atoms with Crippen molar-refractivity contribution >= 4 is 17.5 Å². The Balaban J connectivity index is 1.82. The Morgan fingerprint density at radius 2 is 1.60 bits per heavy atom. The molecule has 0 spiro atoms. The van der Waals surface area contributed by atoms with Crippen molar-refractivity contribution in [2.75, 3.05) is 12.0 Å². The summed E-state index contributed by atoms with van der Waals surface area (Å²) in [7, 11) is 1.60. The summed E-state index contributed by atoms with van der Waals surface area (Å²) in [6, 6.07) is 16.1. The van der Waals surface area contributed by atoms with Crippen LogP contribution in [0.2, 0.25) is 0 Å². The normalized spacial score (nSPS) is 14.7. The first-order valence-corrected chi connectivity index (χ1v) is 12.3. The zero-order valence-corrected chi connectivity index (χ0v) is 20.9. The van der Waals surface area contributed by atoms with E-state index < -0.39 is 6.04 Å². The number of methoxy groups -OCH3 is 1. The van der Waals surface area contributed by atoms with E-state index in [0.29, 0.717) is 34.2 Å². The van der Waals surface area contributed by atoms with Crippen LogP contribution >= 0.6 is 0 Å². The second kappa shape index (κ2) is 10.8. The van der Waals surface area contributed by atoms with Crippen LogP contribution in [0.25, 0.3) is 0 Å². The third-order valence-electron chi connectivity index (χ3n) is 6.79. The number of ether oxygens (including phenoxy) is 1. The Kier molecular flexibility index (Phi) is 7.59. The van der Waals surface area contributed by atoms with Crippen LogP contribution in [0.5, 0.6) is 5.75 Å². The van der Waals surface area contributed by atoms with Gasteiger partial charge >= 0.3 is 0 Å². The standard InChI is InChI=1S/C29H34N2O4/c1-19(2)21-9-13-24(14-10-21)31(29(33)26-17-18-35-20(26)3)27(22-11-15-25(34-4)16-12-22)28(32)30-23-7-5-6-8-23/h9-19,23,27H,5-8H2,1-4H3,(H,30,32)/t27-/m0/s1. The molecule has 6 heteroatoms. The molecule has 1 fully saturated rings. The summed E-state index contributed by atoms with van der Waals surface area (Å²) < 4.78 is 10.8. The molecule has 0 saturated heterocycles. The first-order valence-electron chi connectivity index (χ1n) is 12.3. The van der Waals surface area contributed by atoms with Gasteiger partial charge in [0.2, 0.25) is 5.91 Å². The second-order valence-electron chi connectivity index (χ2n) is 9.48. The molecule has 1 aliphatic rings. The molecular formula is C29H34N2O4. The first-order chi connectivity index (χ1) is 16.9. The molecule has 0 aliphatic heterocycles. The minimum absolute atomic E-state index is 0.124. The summed E-state index contributed by atoms with van der Waals surface area (Å²) in [5, 5.41) is 3.21. The lowest BCUT2D eigenvalue weighted by Gasteiger charge is -2.32. The second-order valence-corrected chi connectivity index (χ2v) is 9.48. The number of anilines is 1. The number of hydrogen-bond acceptors (Lipinski definition) is 4. The molecular weight excluding hydrogens is 440 g/mol. The lowest BCUT2D eigenvalue weighted by Crippen LogP contribution is -2.46. The van der Waals surface area contributed by atoms with E-state index >= 15 is 0 Å². The topological polar surface area (TPSA) is 71.8 Å². The molecule has 4 rings (SSSR count). The van der Waals surface area contributed by atoms with E-state index in [1.807, 2.05) is 48.5 Å². The van der Waals surface area contributed by atoms with E-state index in [-0.39, 0.29) is 17.9 Å². The third-order valence-corrected chi connectivity index (χ3v) is 6.79. The zero-order chi connectivity index (χ0) is 24.9. The fourth-order valence-corrected chi connectivity index (χ4v) is 4.69. The molecule has 0 bridgehead atoms. The molecule has 0 unspecified atom stereocenters. The van der Waals surface area contributed by atoms with Gasteiger partial charge in [-0.25, -0.2) is 0 Å². The van der Waals surface area contributed by atoms with E-state index in [2.05, 4.69) is 19.2 Å². The third kappa shape index (κ3) is 5.42. The van der Waals surface area contributed by atoms with Gasteiger partial charge in [0, 0.05) is 11.7 Å². The highest BCUT2D eigenvalue weighted by Gasteiger charge is 2.35. The van der Waals surface area contributed by atoms with Gasteiger partial charge in [0.15, 0.2) is 0 Å². The van der Waals surface area contributed by atoms with Gasteiger partial charge in [-0.3, -0.25) is 14.5 Å². The van der Waals surface area contributed by atoms with E-state index in [0.717, 1.165) is 31.2 Å². The Hall–Kier alpha value is -3.54. The largest absolute Gasteiger partial charge is 0.497 e. The van der Waals surface area contributed by atoms with Gasteiger partial charge in [-0.15, -0.1) is 0 Å². The lowest BCUT2D eigenvalue weighted by molar-refractivity contribution is -0.123. The summed E-state index contributed by atoms with van der Waals surface area (Å²) in [6.45, 7) is 6.01. The van der Waals surface area contributed by atoms with Crippen molar-refractivity contribution in [3.8, 4) is 5.75 Å². The number of nitrogens with zero attached hydrogens (tertiary/aromatic N) is 1. The number of benzene rings is 2. The predicted octanol–water partition coefficient (Wildman–Crippen LogP) is 6.17. The van der Waals surface area contributed by atoms with Gasteiger partial charge < -0.3 is 14.5 Å². The van der Waals surface area contributed by atoms with Crippen LogP contribution in [-0.2, 0) is 4.79 Å². The van der Waals surface area contributed by atoms with Crippen molar-refractivity contribution in [1.29, 1.82) is 0 Å². The molecule has 35 heavy (non-hydrogen) atoms. The van der Waals surface area contributed by atoms with Gasteiger partial charge in [-0.2, -0.15) is 0 Å². The van der Waals surface area contributed by atoms with Crippen LogP contribution in [0.3, 0.4) is 0 Å². The maximum absolute atomic E-state index is 14.0. The van der Waals surface area contributed by atoms with Crippen molar-refractivity contribution in [2.45, 2.75) is 64.5 Å². The van der Waals surface area contributed by atoms with Crippen LogP contribution in [0.4, 0.5) is 5.69 Å². The number of aryl methyl sites for hydroxylation is 1. The average Bonchev–Trinajstić information content (AvgIpc) is 3.54. The van der Waals surface area contributed by atoms with Crippen LogP contribution in [-0.4, -0.2) is 25.0 Å². The molecule has 6 nitrogen and oxygen atoms in total. The molecule has 2 aromatic carbocycles. The molecule has 1 heterocycles. The highest BCUT2D eigenvalue weighted by Crippen LogP contribution is 2.33. The molecule has 1 aromatic heterocycles. The summed E-state index contributed by atoms with van der Waals surface area (Å²) in [5.41, 5.74) is 2.97. The van der Waals surface area contributed by atoms with Crippen molar-refractivity contribution in [1.82, 2.24) is 5.32 Å². The van der Waals surface area contributed by atoms with Crippen molar-refractivity contribution in [2.24, 2.45) is 0 Å². The predicted molar refractivity (Wildman–Crippen MR) is 137 cm³/mol. The molecule has 1 N–H and O–H groups in total. The molecule has 0 radical (unpaired) electrons. The molecule has 184 valence electrons. The summed E-state index contributed by atoms with van der Waals surface area (Å²) in [4.78, 5) is 29.4. The lowest BCUT2D eigenvalue weighted by atomic mass is 9.99. The van der Waals surface area contributed by atoms with Crippen LogP contribution in [0, 0.1) is 6.92 Å². The Bertz CT molecular complexity index is 1140. The summed E-state index contributed by atoms with van der Waals surface area (Å²) in [6.07, 6.45) is 5.62. The molecule has 1 atom stereocenters. The van der Waals surface area contributed by atoms with Crippen LogP contribution in [0.15, 0.2) is 65.3 Å². The zero-order valence-electron chi connectivity index (χ0n) is 20.9. The smallest absolute Gasteiger partial charge is 0.262 e.